The molecule has 0 aromatic rings. The third kappa shape index (κ3) is 2.00. The summed E-state index contributed by atoms with van der Waals surface area (Å²) in [5.41, 5.74) is 0.519. The highest BCUT2D eigenvalue weighted by Crippen LogP contribution is 2.57. The van der Waals surface area contributed by atoms with Gasteiger partial charge >= 0.3 is 5.97 Å². The van der Waals surface area contributed by atoms with Crippen LogP contribution in [0.3, 0.4) is 0 Å². The average Bonchev–Trinajstić information content (AvgIpc) is 2.26. The molecule has 1 unspecified atom stereocenters. The second-order valence-corrected chi connectivity index (χ2v) is 6.90. The zero-order chi connectivity index (χ0) is 12.9. The van der Waals surface area contributed by atoms with Gasteiger partial charge in [-0.2, -0.15) is 0 Å². The van der Waals surface area contributed by atoms with Gasteiger partial charge < -0.3 is 4.74 Å². The van der Waals surface area contributed by atoms with Crippen molar-refractivity contribution in [2.24, 2.45) is 29.6 Å². The standard InChI is InChI=1S/C16H24O2/c1-9(2)16(17)18-10(3)15-13-5-11-4-12(7-13)8-14(15)6-11/h10-15H,1,4-8H2,2-3H3. The van der Waals surface area contributed by atoms with E-state index in [-0.39, 0.29) is 12.1 Å². The van der Waals surface area contributed by atoms with Crippen molar-refractivity contribution in [3.8, 4) is 0 Å². The molecule has 0 aromatic heterocycles. The Labute approximate surface area is 110 Å². The Kier molecular flexibility index (Phi) is 2.99. The second-order valence-electron chi connectivity index (χ2n) is 6.90. The minimum Gasteiger partial charge on any atom is -0.459 e. The lowest BCUT2D eigenvalue weighted by molar-refractivity contribution is -0.155. The summed E-state index contributed by atoms with van der Waals surface area (Å²) in [6, 6.07) is 0. The van der Waals surface area contributed by atoms with Gasteiger partial charge in [0.15, 0.2) is 0 Å². The molecule has 100 valence electrons. The lowest BCUT2D eigenvalue weighted by atomic mass is 9.51. The molecule has 2 heteroatoms. The summed E-state index contributed by atoms with van der Waals surface area (Å²) in [5.74, 6) is 3.99. The Morgan fingerprint density at radius 2 is 1.61 bits per heavy atom. The highest BCUT2D eigenvalue weighted by Gasteiger charge is 2.50. The molecule has 0 N–H and O–H groups in total. The highest BCUT2D eigenvalue weighted by molar-refractivity contribution is 5.87. The van der Waals surface area contributed by atoms with E-state index in [0.29, 0.717) is 11.5 Å². The van der Waals surface area contributed by atoms with Crippen molar-refractivity contribution in [1.29, 1.82) is 0 Å². The van der Waals surface area contributed by atoms with E-state index < -0.39 is 0 Å². The number of rotatable bonds is 3. The van der Waals surface area contributed by atoms with Crippen LogP contribution in [0.4, 0.5) is 0 Å². The van der Waals surface area contributed by atoms with Gasteiger partial charge in [-0.25, -0.2) is 4.79 Å². The van der Waals surface area contributed by atoms with E-state index in [0.717, 1.165) is 23.7 Å². The number of hydrogen-bond acceptors (Lipinski definition) is 2. The molecule has 4 bridgehead atoms. The van der Waals surface area contributed by atoms with Gasteiger partial charge in [-0.15, -0.1) is 0 Å². The topological polar surface area (TPSA) is 26.3 Å². The van der Waals surface area contributed by atoms with Gasteiger partial charge in [0.25, 0.3) is 0 Å². The normalized spacial score (nSPS) is 42.7. The number of carbonyl (C=O) groups excluding carboxylic acids is 1. The summed E-state index contributed by atoms with van der Waals surface area (Å²) < 4.78 is 5.60. The average molecular weight is 248 g/mol. The Morgan fingerprint density at radius 3 is 2.06 bits per heavy atom. The Balaban J connectivity index is 1.69. The molecule has 0 amide bonds. The van der Waals surface area contributed by atoms with Crippen molar-refractivity contribution in [2.75, 3.05) is 0 Å². The summed E-state index contributed by atoms with van der Waals surface area (Å²) >= 11 is 0. The number of esters is 1. The SMILES string of the molecule is C=C(C)C(=O)OC(C)C1C2CC3CC(C2)CC1C3. The van der Waals surface area contributed by atoms with Crippen LogP contribution in [0, 0.1) is 29.6 Å². The predicted octanol–water partition coefficient (Wildman–Crippen LogP) is 3.57. The Bertz CT molecular complexity index is 343. The van der Waals surface area contributed by atoms with Crippen molar-refractivity contribution in [2.45, 2.75) is 52.1 Å². The fourth-order valence-electron chi connectivity index (χ4n) is 5.08. The lowest BCUT2D eigenvalue weighted by Crippen LogP contribution is -2.49. The van der Waals surface area contributed by atoms with Crippen LogP contribution >= 0.6 is 0 Å². The Morgan fingerprint density at radius 1 is 1.11 bits per heavy atom. The molecular weight excluding hydrogens is 224 g/mol. The van der Waals surface area contributed by atoms with Crippen LogP contribution in [-0.4, -0.2) is 12.1 Å². The predicted molar refractivity (Wildman–Crippen MR) is 70.9 cm³/mol. The fraction of sp³-hybridized carbons (Fsp3) is 0.812. The van der Waals surface area contributed by atoms with E-state index in [1.54, 1.807) is 6.92 Å². The molecule has 0 heterocycles. The van der Waals surface area contributed by atoms with Crippen LogP contribution in [-0.2, 0) is 9.53 Å². The van der Waals surface area contributed by atoms with Gasteiger partial charge in [0.1, 0.15) is 6.10 Å². The molecular formula is C16H24O2. The van der Waals surface area contributed by atoms with E-state index in [1.807, 2.05) is 0 Å². The van der Waals surface area contributed by atoms with E-state index >= 15 is 0 Å². The highest BCUT2D eigenvalue weighted by atomic mass is 16.5. The monoisotopic (exact) mass is 248 g/mol. The smallest absolute Gasteiger partial charge is 0.333 e. The van der Waals surface area contributed by atoms with E-state index in [1.165, 1.54) is 32.1 Å². The summed E-state index contributed by atoms with van der Waals surface area (Å²) in [6.45, 7) is 7.49. The van der Waals surface area contributed by atoms with Gasteiger partial charge in [-0.05, 0) is 69.6 Å². The number of ether oxygens (including phenoxy) is 1. The van der Waals surface area contributed by atoms with Crippen molar-refractivity contribution in [1.82, 2.24) is 0 Å². The first kappa shape index (κ1) is 12.3. The number of carbonyl (C=O) groups is 1. The number of hydrogen-bond donors (Lipinski definition) is 0. The first-order chi connectivity index (χ1) is 8.54. The van der Waals surface area contributed by atoms with E-state index in [2.05, 4.69) is 13.5 Å². The van der Waals surface area contributed by atoms with Crippen molar-refractivity contribution >= 4 is 5.97 Å². The molecule has 4 aliphatic carbocycles. The molecule has 0 radical (unpaired) electrons. The van der Waals surface area contributed by atoms with Gasteiger partial charge in [-0.1, -0.05) is 6.58 Å². The zero-order valence-electron chi connectivity index (χ0n) is 11.5. The molecule has 4 rings (SSSR count). The molecule has 0 aromatic carbocycles. The molecule has 2 nitrogen and oxygen atoms in total. The van der Waals surface area contributed by atoms with Crippen molar-refractivity contribution in [3.63, 3.8) is 0 Å². The molecule has 0 saturated heterocycles. The molecule has 0 spiro atoms. The van der Waals surface area contributed by atoms with Gasteiger partial charge in [-0.3, -0.25) is 0 Å². The molecule has 4 saturated carbocycles. The van der Waals surface area contributed by atoms with Crippen LogP contribution in [0.1, 0.15) is 46.0 Å². The van der Waals surface area contributed by atoms with Crippen LogP contribution in [0.2, 0.25) is 0 Å². The first-order valence-electron chi connectivity index (χ1n) is 7.41. The lowest BCUT2D eigenvalue weighted by Gasteiger charge is -2.55. The second kappa shape index (κ2) is 4.40. The molecule has 18 heavy (non-hydrogen) atoms. The Hall–Kier alpha value is -0.790. The summed E-state index contributed by atoms with van der Waals surface area (Å²) in [6.07, 6.45) is 7.07. The van der Waals surface area contributed by atoms with E-state index in [9.17, 15) is 4.79 Å². The van der Waals surface area contributed by atoms with Crippen molar-refractivity contribution in [3.05, 3.63) is 12.2 Å². The maximum Gasteiger partial charge on any atom is 0.333 e. The van der Waals surface area contributed by atoms with Crippen LogP contribution in [0.5, 0.6) is 0 Å². The van der Waals surface area contributed by atoms with Crippen LogP contribution in [0.15, 0.2) is 12.2 Å². The fourth-order valence-corrected chi connectivity index (χ4v) is 5.08. The zero-order valence-corrected chi connectivity index (χ0v) is 11.5. The minimum absolute atomic E-state index is 0.0733. The summed E-state index contributed by atoms with van der Waals surface area (Å²) in [5, 5.41) is 0. The third-order valence-corrected chi connectivity index (χ3v) is 5.48. The molecule has 4 aliphatic rings. The summed E-state index contributed by atoms with van der Waals surface area (Å²) in [7, 11) is 0. The van der Waals surface area contributed by atoms with Gasteiger partial charge in [0, 0.05) is 11.5 Å². The molecule has 1 atom stereocenters. The quantitative estimate of drug-likeness (QED) is 0.564. The molecule has 4 fully saturated rings. The van der Waals surface area contributed by atoms with E-state index in [4.69, 9.17) is 4.74 Å². The van der Waals surface area contributed by atoms with Gasteiger partial charge in [0.2, 0.25) is 0 Å². The molecule has 0 aliphatic heterocycles. The minimum atomic E-state index is -0.212. The van der Waals surface area contributed by atoms with Crippen LogP contribution in [0.25, 0.3) is 0 Å². The largest absolute Gasteiger partial charge is 0.459 e. The third-order valence-electron chi connectivity index (χ3n) is 5.48. The maximum absolute atomic E-state index is 11.7. The van der Waals surface area contributed by atoms with Crippen molar-refractivity contribution < 1.29 is 9.53 Å². The summed E-state index contributed by atoms with van der Waals surface area (Å²) in [4.78, 5) is 11.7. The van der Waals surface area contributed by atoms with Gasteiger partial charge in [0.05, 0.1) is 0 Å². The first-order valence-corrected chi connectivity index (χ1v) is 7.41. The maximum atomic E-state index is 11.7. The van der Waals surface area contributed by atoms with Crippen LogP contribution < -0.4 is 0 Å².